The van der Waals surface area contributed by atoms with Crippen molar-refractivity contribution in [3.05, 3.63) is 0 Å². The number of amides is 1. The van der Waals surface area contributed by atoms with Crippen LogP contribution in [0.1, 0.15) is 6.92 Å². The van der Waals surface area contributed by atoms with Crippen molar-refractivity contribution in [2.75, 3.05) is 0 Å². The number of rotatable bonds is 0. The van der Waals surface area contributed by atoms with Gasteiger partial charge in [-0.15, -0.1) is 0 Å². The number of hydrogen-bond acceptors (Lipinski definition) is 2. The normalized spacial score (nSPS) is 33.0. The summed E-state index contributed by atoms with van der Waals surface area (Å²) in [5, 5.41) is 4.95. The second-order valence-electron chi connectivity index (χ2n) is 2.15. The number of hydrogen-bond donors (Lipinski definition) is 2. The van der Waals surface area contributed by atoms with Crippen molar-refractivity contribution in [3.63, 3.8) is 0 Å². The quantitative estimate of drug-likeness (QED) is 0.481. The average Bonchev–Trinajstić information content (AvgIpc) is 1.82. The molecule has 56 valence electrons. The third-order valence-corrected chi connectivity index (χ3v) is 1.50. The molecule has 1 rings (SSSR count). The molecule has 0 aromatic rings. The van der Waals surface area contributed by atoms with Crippen molar-refractivity contribution in [2.24, 2.45) is 0 Å². The first-order chi connectivity index (χ1) is 4.61. The number of thiocarbonyl (C=S) groups is 1. The van der Waals surface area contributed by atoms with Crippen LogP contribution in [0.15, 0.2) is 0 Å². The molecule has 0 aromatic heterocycles. The van der Waals surface area contributed by atoms with E-state index in [1.807, 2.05) is 0 Å². The number of halogens is 1. The molecular formula is C5H7FN2OS. The Kier molecular flexibility index (Phi) is 1.85. The highest BCUT2D eigenvalue weighted by atomic mass is 32.1. The molecule has 3 nitrogen and oxygen atoms in total. The van der Waals surface area contributed by atoms with E-state index in [1.54, 1.807) is 6.92 Å². The van der Waals surface area contributed by atoms with Crippen LogP contribution in [-0.2, 0) is 4.79 Å². The molecule has 10 heavy (non-hydrogen) atoms. The maximum Gasteiger partial charge on any atom is 0.262 e. The van der Waals surface area contributed by atoms with E-state index in [4.69, 9.17) is 0 Å². The van der Waals surface area contributed by atoms with Crippen LogP contribution in [0.2, 0.25) is 0 Å². The first-order valence-electron chi connectivity index (χ1n) is 2.86. The molecule has 2 atom stereocenters. The van der Waals surface area contributed by atoms with Crippen molar-refractivity contribution in [3.8, 4) is 0 Å². The molecule has 5 heteroatoms. The molecule has 0 bridgehead atoms. The highest BCUT2D eigenvalue weighted by Gasteiger charge is 2.30. The topological polar surface area (TPSA) is 41.1 Å². The second kappa shape index (κ2) is 2.49. The maximum absolute atomic E-state index is 12.6. The van der Waals surface area contributed by atoms with Gasteiger partial charge < -0.3 is 10.6 Å². The molecule has 0 aromatic carbocycles. The maximum atomic E-state index is 12.6. The largest absolute Gasteiger partial charge is 0.356 e. The molecule has 0 radical (unpaired) electrons. The highest BCUT2D eigenvalue weighted by molar-refractivity contribution is 7.80. The number of carbonyl (C=O) groups excluding carboxylic acids is 1. The molecule has 1 aliphatic rings. The molecule has 0 spiro atoms. The third-order valence-electron chi connectivity index (χ3n) is 1.28. The highest BCUT2D eigenvalue weighted by Crippen LogP contribution is 2.02. The summed E-state index contributed by atoms with van der Waals surface area (Å²) >= 11 is 4.60. The van der Waals surface area contributed by atoms with E-state index in [2.05, 4.69) is 22.9 Å². The molecule has 1 fully saturated rings. The summed E-state index contributed by atoms with van der Waals surface area (Å²) in [5.74, 6) is -0.656. The third kappa shape index (κ3) is 1.23. The van der Waals surface area contributed by atoms with Crippen LogP contribution in [0.4, 0.5) is 4.39 Å². The summed E-state index contributed by atoms with van der Waals surface area (Å²) in [4.78, 5) is 10.6. The molecule has 0 aliphatic carbocycles. The molecule has 2 N–H and O–H groups in total. The first-order valence-corrected chi connectivity index (χ1v) is 3.27. The van der Waals surface area contributed by atoms with Crippen molar-refractivity contribution in [1.29, 1.82) is 0 Å². The van der Waals surface area contributed by atoms with Gasteiger partial charge in [-0.2, -0.15) is 0 Å². The van der Waals surface area contributed by atoms with Gasteiger partial charge in [0.1, 0.15) is 0 Å². The molecule has 1 heterocycles. The fourth-order valence-corrected chi connectivity index (χ4v) is 1.01. The lowest BCUT2D eigenvalue weighted by molar-refractivity contribution is -0.126. The van der Waals surface area contributed by atoms with Gasteiger partial charge in [-0.05, 0) is 19.1 Å². The van der Waals surface area contributed by atoms with Crippen molar-refractivity contribution in [2.45, 2.75) is 19.1 Å². The first kappa shape index (κ1) is 7.40. The Morgan fingerprint density at radius 3 is 2.80 bits per heavy atom. The van der Waals surface area contributed by atoms with Crippen molar-refractivity contribution >= 4 is 23.2 Å². The molecule has 1 aliphatic heterocycles. The Morgan fingerprint density at radius 2 is 2.30 bits per heavy atom. The van der Waals surface area contributed by atoms with Gasteiger partial charge in [-0.25, -0.2) is 4.39 Å². The average molecular weight is 162 g/mol. The minimum atomic E-state index is -1.49. The smallest absolute Gasteiger partial charge is 0.262 e. The Hall–Kier alpha value is -0.710. The zero-order valence-corrected chi connectivity index (χ0v) is 6.17. The number of carbonyl (C=O) groups is 1. The van der Waals surface area contributed by atoms with Gasteiger partial charge in [0.2, 0.25) is 0 Å². The van der Waals surface area contributed by atoms with E-state index in [0.29, 0.717) is 0 Å². The van der Waals surface area contributed by atoms with Crippen molar-refractivity contribution < 1.29 is 9.18 Å². The Bertz CT molecular complexity index is 184. The minimum Gasteiger partial charge on any atom is -0.356 e. The van der Waals surface area contributed by atoms with Gasteiger partial charge in [-0.3, -0.25) is 4.79 Å². The fraction of sp³-hybridized carbons (Fsp3) is 0.600. The van der Waals surface area contributed by atoms with Crippen molar-refractivity contribution in [1.82, 2.24) is 10.6 Å². The van der Waals surface area contributed by atoms with Gasteiger partial charge in [0, 0.05) is 0 Å². The van der Waals surface area contributed by atoms with E-state index in [9.17, 15) is 9.18 Å². The van der Waals surface area contributed by atoms with Crippen LogP contribution in [0.5, 0.6) is 0 Å². The number of nitrogens with one attached hydrogen (secondary N) is 2. The molecule has 2 unspecified atom stereocenters. The van der Waals surface area contributed by atoms with Gasteiger partial charge in [0.15, 0.2) is 11.3 Å². The minimum absolute atomic E-state index is 0.200. The van der Waals surface area contributed by atoms with Crippen LogP contribution < -0.4 is 10.6 Å². The Labute approximate surface area is 63.0 Å². The summed E-state index contributed by atoms with van der Waals surface area (Å²) < 4.78 is 12.6. The Balaban J connectivity index is 2.66. The lowest BCUT2D eigenvalue weighted by atomic mass is 10.2. The van der Waals surface area contributed by atoms with E-state index >= 15 is 0 Å². The van der Waals surface area contributed by atoms with E-state index in [0.717, 1.165) is 0 Å². The summed E-state index contributed by atoms with van der Waals surface area (Å²) in [6, 6.07) is -0.513. The van der Waals surface area contributed by atoms with Gasteiger partial charge in [0.25, 0.3) is 5.91 Å². The predicted octanol–water partition coefficient (Wildman–Crippen LogP) is -0.283. The molecule has 1 saturated heterocycles. The van der Waals surface area contributed by atoms with E-state index in [-0.39, 0.29) is 5.11 Å². The zero-order chi connectivity index (χ0) is 7.72. The monoisotopic (exact) mass is 162 g/mol. The summed E-state index contributed by atoms with van der Waals surface area (Å²) in [6.07, 6.45) is -1.49. The van der Waals surface area contributed by atoms with Crippen LogP contribution >= 0.6 is 12.2 Å². The number of alkyl halides is 1. The second-order valence-corrected chi connectivity index (χ2v) is 2.56. The van der Waals surface area contributed by atoms with Crippen LogP contribution in [0.3, 0.4) is 0 Å². The lowest BCUT2D eigenvalue weighted by Crippen LogP contribution is -2.58. The summed E-state index contributed by atoms with van der Waals surface area (Å²) in [6.45, 7) is 1.57. The van der Waals surface area contributed by atoms with Gasteiger partial charge in [-0.1, -0.05) is 0 Å². The lowest BCUT2D eigenvalue weighted by Gasteiger charge is -2.24. The van der Waals surface area contributed by atoms with Crippen LogP contribution in [0, 0.1) is 0 Å². The predicted molar refractivity (Wildman–Crippen MR) is 38.2 cm³/mol. The zero-order valence-electron chi connectivity index (χ0n) is 5.35. The standard InChI is InChI=1S/C5H7FN2OS/c1-2-3(6)4(9)8-5(10)7-2/h2-3H,1H3,(H2,7,8,9,10). The van der Waals surface area contributed by atoms with E-state index < -0.39 is 18.1 Å². The summed E-state index contributed by atoms with van der Waals surface area (Å²) in [7, 11) is 0. The molecule has 0 saturated carbocycles. The molecule has 1 amide bonds. The van der Waals surface area contributed by atoms with Crippen LogP contribution in [0.25, 0.3) is 0 Å². The molecular weight excluding hydrogens is 155 g/mol. The van der Waals surface area contributed by atoms with Crippen LogP contribution in [-0.4, -0.2) is 23.2 Å². The SMILES string of the molecule is CC1NC(=S)NC(=O)C1F. The van der Waals surface area contributed by atoms with E-state index in [1.165, 1.54) is 0 Å². The summed E-state index contributed by atoms with van der Waals surface area (Å²) in [5.41, 5.74) is 0. The fourth-order valence-electron chi connectivity index (χ4n) is 0.724. The Morgan fingerprint density at radius 1 is 1.70 bits per heavy atom. The van der Waals surface area contributed by atoms with Gasteiger partial charge in [0.05, 0.1) is 6.04 Å². The van der Waals surface area contributed by atoms with Gasteiger partial charge >= 0.3 is 0 Å².